The Balaban J connectivity index is 0.934. The first-order valence-corrected chi connectivity index (χ1v) is 23.3. The second-order valence-corrected chi connectivity index (χ2v) is 17.6. The van der Waals surface area contributed by atoms with Crippen LogP contribution < -0.4 is 0 Å². The Hall–Kier alpha value is -9.39. The van der Waals surface area contributed by atoms with Crippen LogP contribution in [0.2, 0.25) is 0 Å². The van der Waals surface area contributed by atoms with Gasteiger partial charge in [-0.25, -0.2) is 15.0 Å². The number of hydrogen-bond donors (Lipinski definition) is 0. The highest BCUT2D eigenvalue weighted by atomic mass is 16.3. The number of furan rings is 1. The van der Waals surface area contributed by atoms with Gasteiger partial charge in [-0.3, -0.25) is 0 Å². The van der Waals surface area contributed by atoms with E-state index in [9.17, 15) is 0 Å². The zero-order valence-corrected chi connectivity index (χ0v) is 37.2. The van der Waals surface area contributed by atoms with Crippen molar-refractivity contribution in [2.24, 2.45) is 0 Å². The molecule has 0 aliphatic rings. The summed E-state index contributed by atoms with van der Waals surface area (Å²) < 4.78 is 11.8. The predicted molar refractivity (Wildman–Crippen MR) is 283 cm³/mol. The third kappa shape index (κ3) is 6.30. The molecule has 0 radical (unpaired) electrons. The van der Waals surface area contributed by atoms with Crippen LogP contribution in [0.25, 0.3) is 133 Å². The fourth-order valence-electron chi connectivity index (χ4n) is 10.4. The van der Waals surface area contributed by atoms with Crippen LogP contribution in [-0.2, 0) is 0 Å². The molecule has 0 bridgehead atoms. The smallest absolute Gasteiger partial charge is 0.164 e. The molecule has 14 aromatic rings. The van der Waals surface area contributed by atoms with Crippen LogP contribution in [-0.4, -0.2) is 24.1 Å². The summed E-state index contributed by atoms with van der Waals surface area (Å²) in [6, 6.07) is 83.2. The van der Waals surface area contributed by atoms with Crippen molar-refractivity contribution in [1.82, 2.24) is 24.1 Å². The van der Waals surface area contributed by atoms with E-state index in [-0.39, 0.29) is 0 Å². The van der Waals surface area contributed by atoms with E-state index in [2.05, 4.69) is 209 Å². The normalized spacial score (nSPS) is 11.8. The summed E-state index contributed by atoms with van der Waals surface area (Å²) in [6.45, 7) is 0. The van der Waals surface area contributed by atoms with E-state index in [1.165, 1.54) is 21.9 Å². The van der Waals surface area contributed by atoms with E-state index in [1.54, 1.807) is 0 Å². The van der Waals surface area contributed by atoms with E-state index >= 15 is 0 Å². The molecule has 0 aliphatic heterocycles. The molecule has 0 amide bonds. The highest BCUT2D eigenvalue weighted by molar-refractivity contribution is 6.23. The van der Waals surface area contributed by atoms with Crippen molar-refractivity contribution in [1.29, 1.82) is 0 Å². The van der Waals surface area contributed by atoms with Crippen LogP contribution >= 0.6 is 0 Å². The highest BCUT2D eigenvalue weighted by Gasteiger charge is 2.24. The SMILES string of the molecule is c1ccc(-c2cccc(-c3ccc(-c4nc(-c5ccccc5)nc(-c5ccc6oc7c(ccc8c9cccc(-n%10c%11ccccc%11c%11ccccc%11%10)c9n(-c9ccccc9)c87)c6c5)n4)cc3)c2)cc1. The van der Waals surface area contributed by atoms with Crippen LogP contribution in [0.5, 0.6) is 0 Å². The molecule has 0 fully saturated rings. The first kappa shape index (κ1) is 38.8. The van der Waals surface area contributed by atoms with Gasteiger partial charge in [0.05, 0.1) is 27.8 Å². The molecule has 69 heavy (non-hydrogen) atoms. The Morgan fingerprint density at radius 1 is 0.290 bits per heavy atom. The quantitative estimate of drug-likeness (QED) is 0.160. The molecule has 4 heterocycles. The van der Waals surface area contributed by atoms with Crippen molar-refractivity contribution in [3.05, 3.63) is 237 Å². The topological polar surface area (TPSA) is 61.7 Å². The largest absolute Gasteiger partial charge is 0.454 e. The average molecular weight is 882 g/mol. The van der Waals surface area contributed by atoms with E-state index in [4.69, 9.17) is 19.4 Å². The van der Waals surface area contributed by atoms with E-state index in [0.29, 0.717) is 17.5 Å². The van der Waals surface area contributed by atoms with Gasteiger partial charge in [-0.1, -0.05) is 176 Å². The van der Waals surface area contributed by atoms with Crippen molar-refractivity contribution in [2.75, 3.05) is 0 Å². The molecule has 0 saturated heterocycles. The number of hydrogen-bond acceptors (Lipinski definition) is 4. The van der Waals surface area contributed by atoms with Crippen LogP contribution in [0.3, 0.4) is 0 Å². The maximum Gasteiger partial charge on any atom is 0.164 e. The fraction of sp³-hybridized carbons (Fsp3) is 0. The number of benzene rings is 10. The second kappa shape index (κ2) is 15.6. The predicted octanol–water partition coefficient (Wildman–Crippen LogP) is 16.3. The number of para-hydroxylation sites is 4. The standard InChI is InChI=1S/C63H39N5O/c1-4-16-40(17-5-1)44-20-14-21-45(38-44)41-30-32-43(33-31-41)62-64-61(42-18-6-2-7-19-42)65-63(66-62)46-34-37-57-53(39-46)52-36-35-51-50-26-15-29-56(58(50)67(59(51)60(52)69-57)47-22-8-3-9-23-47)68-54-27-12-10-24-48(54)49-25-11-13-28-55(49)68/h1-39H. The molecule has 10 aromatic carbocycles. The maximum atomic E-state index is 7.00. The Labute approximate surface area is 396 Å². The molecular formula is C63H39N5O. The lowest BCUT2D eigenvalue weighted by Crippen LogP contribution is -2.00. The fourth-order valence-corrected chi connectivity index (χ4v) is 10.4. The zero-order chi connectivity index (χ0) is 45.4. The monoisotopic (exact) mass is 881 g/mol. The summed E-state index contributed by atoms with van der Waals surface area (Å²) in [7, 11) is 0. The van der Waals surface area contributed by atoms with Crippen LogP contribution in [0.1, 0.15) is 0 Å². The second-order valence-electron chi connectivity index (χ2n) is 17.6. The Morgan fingerprint density at radius 2 is 0.768 bits per heavy atom. The molecule has 0 spiro atoms. The van der Waals surface area contributed by atoms with Gasteiger partial charge in [0.1, 0.15) is 5.58 Å². The van der Waals surface area contributed by atoms with Crippen molar-refractivity contribution in [3.63, 3.8) is 0 Å². The van der Waals surface area contributed by atoms with Crippen molar-refractivity contribution < 1.29 is 4.42 Å². The van der Waals surface area contributed by atoms with Gasteiger partial charge < -0.3 is 13.6 Å². The highest BCUT2D eigenvalue weighted by Crippen LogP contribution is 2.44. The van der Waals surface area contributed by atoms with Gasteiger partial charge in [-0.05, 0) is 82.9 Å². The molecule has 322 valence electrons. The number of aromatic nitrogens is 5. The molecule has 6 heteroatoms. The van der Waals surface area contributed by atoms with Gasteiger partial charge in [0, 0.05) is 54.7 Å². The van der Waals surface area contributed by atoms with Gasteiger partial charge in [-0.15, -0.1) is 0 Å². The summed E-state index contributed by atoms with van der Waals surface area (Å²) in [5.74, 6) is 1.80. The minimum Gasteiger partial charge on any atom is -0.454 e. The molecule has 4 aromatic heterocycles. The summed E-state index contributed by atoms with van der Waals surface area (Å²) in [4.78, 5) is 15.4. The van der Waals surface area contributed by atoms with Crippen LogP contribution in [0.4, 0.5) is 0 Å². The van der Waals surface area contributed by atoms with Gasteiger partial charge in [0.2, 0.25) is 0 Å². The Kier molecular flexibility index (Phi) is 8.79. The third-order valence-corrected chi connectivity index (χ3v) is 13.6. The maximum absolute atomic E-state index is 7.00. The summed E-state index contributed by atoms with van der Waals surface area (Å²) in [5.41, 5.74) is 15.6. The molecule has 0 atom stereocenters. The van der Waals surface area contributed by atoms with Crippen molar-refractivity contribution in [3.8, 4) is 67.8 Å². The van der Waals surface area contributed by atoms with Gasteiger partial charge in [0.15, 0.2) is 23.1 Å². The lowest BCUT2D eigenvalue weighted by atomic mass is 9.98. The molecule has 0 unspecified atom stereocenters. The molecule has 0 N–H and O–H groups in total. The van der Waals surface area contributed by atoms with Crippen LogP contribution in [0, 0.1) is 0 Å². The van der Waals surface area contributed by atoms with E-state index in [0.717, 1.165) is 94.0 Å². The molecular weight excluding hydrogens is 843 g/mol. The summed E-state index contributed by atoms with van der Waals surface area (Å²) in [6.07, 6.45) is 0. The number of rotatable bonds is 7. The van der Waals surface area contributed by atoms with E-state index in [1.807, 2.05) is 36.4 Å². The van der Waals surface area contributed by atoms with Crippen molar-refractivity contribution >= 4 is 65.6 Å². The van der Waals surface area contributed by atoms with Gasteiger partial charge in [0.25, 0.3) is 0 Å². The Bertz CT molecular complexity index is 4230. The number of fused-ring (bicyclic) bond motifs is 10. The minimum absolute atomic E-state index is 0.588. The third-order valence-electron chi connectivity index (χ3n) is 13.6. The van der Waals surface area contributed by atoms with Gasteiger partial charge >= 0.3 is 0 Å². The lowest BCUT2D eigenvalue weighted by Gasteiger charge is -2.14. The molecule has 14 rings (SSSR count). The Morgan fingerprint density at radius 3 is 1.45 bits per heavy atom. The summed E-state index contributed by atoms with van der Waals surface area (Å²) >= 11 is 0. The summed E-state index contributed by atoms with van der Waals surface area (Å²) in [5, 5.41) is 6.72. The van der Waals surface area contributed by atoms with Crippen LogP contribution in [0.15, 0.2) is 241 Å². The minimum atomic E-state index is 0.588. The molecule has 0 saturated carbocycles. The molecule has 6 nitrogen and oxygen atoms in total. The average Bonchev–Trinajstić information content (AvgIpc) is 4.09. The van der Waals surface area contributed by atoms with Gasteiger partial charge in [-0.2, -0.15) is 0 Å². The van der Waals surface area contributed by atoms with E-state index < -0.39 is 0 Å². The van der Waals surface area contributed by atoms with Crippen molar-refractivity contribution in [2.45, 2.75) is 0 Å². The first-order chi connectivity index (χ1) is 34.2. The zero-order valence-electron chi connectivity index (χ0n) is 37.2. The lowest BCUT2D eigenvalue weighted by molar-refractivity contribution is 0.671. The number of nitrogens with zero attached hydrogens (tertiary/aromatic N) is 5. The molecule has 0 aliphatic carbocycles. The first-order valence-electron chi connectivity index (χ1n) is 23.3.